The summed E-state index contributed by atoms with van der Waals surface area (Å²) in [5, 5.41) is 8.61. The van der Waals surface area contributed by atoms with E-state index in [0.717, 1.165) is 10.5 Å². The number of fused-ring (bicyclic) bond motifs is 4. The van der Waals surface area contributed by atoms with Gasteiger partial charge < -0.3 is 57.8 Å². The molecular formula is C49H59BrN8O14. The number of alkyl halides is 1. The Kier molecular flexibility index (Phi) is 18.7. The van der Waals surface area contributed by atoms with Gasteiger partial charge in [0.25, 0.3) is 17.7 Å². The number of aromatic amines is 1. The molecule has 23 heteroatoms. The zero-order chi connectivity index (χ0) is 51.3. The van der Waals surface area contributed by atoms with Crippen LogP contribution in [-0.4, -0.2) is 179 Å². The van der Waals surface area contributed by atoms with Crippen LogP contribution in [0.3, 0.4) is 0 Å². The molecule has 1 saturated heterocycles. The highest BCUT2D eigenvalue weighted by molar-refractivity contribution is 9.09. The molecule has 0 radical (unpaired) electrons. The molecule has 0 spiro atoms. The minimum atomic E-state index is -0.564. The standard InChI is InChI=1S/C49H59BrN8O14/c1-30(53-54-40(60)11-19-67-20-21-68-22-23-70-29-69-18-5-12-51-39(59)10-13-57-41(61)8-9-42(57)62)32-6-7-36-33(24-32)25-38(71-36)47(63)58-28-34(27-50)44-35(58)26-37(72-49(65)56-16-14-55(3)15-17-56)46-45(44)43(31(2)52-46)48(64)66-4/h6-9,24-26,34,52H,5,10-23,27-29H2,1-4H3,(H,51,59)(H,54,60)/t34-/m1/s1. The summed E-state index contributed by atoms with van der Waals surface area (Å²) in [7, 11) is 3.29. The first-order chi connectivity index (χ1) is 34.8. The predicted octanol–water partition coefficient (Wildman–Crippen LogP) is 3.97. The third-order valence-electron chi connectivity index (χ3n) is 12.3. The fraction of sp³-hybridized carbons (Fsp3) is 0.469. The summed E-state index contributed by atoms with van der Waals surface area (Å²) in [6.07, 6.45) is 2.49. The number of hydrazone groups is 1. The van der Waals surface area contributed by atoms with E-state index >= 15 is 0 Å². The Bertz CT molecular complexity index is 2710. The molecule has 2 aromatic carbocycles. The number of aromatic nitrogens is 1. The predicted molar refractivity (Wildman–Crippen MR) is 265 cm³/mol. The number of rotatable bonds is 24. The number of carbonyl (C=O) groups excluding carboxylic acids is 7. The summed E-state index contributed by atoms with van der Waals surface area (Å²) in [5.41, 5.74) is 6.72. The quantitative estimate of drug-likeness (QED) is 0.0171. The van der Waals surface area contributed by atoms with Crippen molar-refractivity contribution in [2.75, 3.05) is 117 Å². The molecule has 22 nitrogen and oxygen atoms in total. The average Bonchev–Trinajstić information content (AvgIpc) is 4.15. The molecule has 0 saturated carbocycles. The van der Waals surface area contributed by atoms with E-state index in [2.05, 4.69) is 41.7 Å². The SMILES string of the molecule is COC(=O)c1c(C)[nH]c2c(OC(=O)N3CCN(C)CC3)cc3c(c12)[C@H](CBr)CN3C(=O)c1cc2cc(C(C)=NNC(=O)CCOCCOCCOCOCCCNC(=O)CCN3C(=O)C=CC3=O)ccc2o1. The third-order valence-corrected chi connectivity index (χ3v) is 13.0. The lowest BCUT2D eigenvalue weighted by Gasteiger charge is -2.31. The van der Waals surface area contributed by atoms with Crippen LogP contribution in [0.15, 0.2) is 52.0 Å². The number of H-pyrrole nitrogens is 1. The molecule has 1 atom stereocenters. The van der Waals surface area contributed by atoms with Crippen molar-refractivity contribution in [1.82, 2.24) is 30.4 Å². The van der Waals surface area contributed by atoms with Gasteiger partial charge in [-0.3, -0.25) is 28.9 Å². The number of aryl methyl sites for hydroxylation is 1. The molecule has 3 N–H and O–H groups in total. The summed E-state index contributed by atoms with van der Waals surface area (Å²) >= 11 is 3.63. The number of amides is 6. The number of ether oxygens (including phenoxy) is 6. The maximum Gasteiger partial charge on any atom is 0.415 e. The Balaban J connectivity index is 0.838. The number of likely N-dealkylation sites (N-methyl/N-ethyl adjacent to an activating group) is 1. The number of carbonyl (C=O) groups is 7. The van der Waals surface area contributed by atoms with Crippen LogP contribution in [0, 0.1) is 6.92 Å². The van der Waals surface area contributed by atoms with E-state index in [9.17, 15) is 33.6 Å². The number of halogens is 1. The van der Waals surface area contributed by atoms with Crippen LogP contribution in [0.2, 0.25) is 0 Å². The van der Waals surface area contributed by atoms with Crippen molar-refractivity contribution in [1.29, 1.82) is 0 Å². The Labute approximate surface area is 423 Å². The average molecular weight is 1060 g/mol. The smallest absolute Gasteiger partial charge is 0.415 e. The highest BCUT2D eigenvalue weighted by Crippen LogP contribution is 2.48. The van der Waals surface area contributed by atoms with Crippen molar-refractivity contribution in [2.45, 2.75) is 39.0 Å². The molecule has 0 unspecified atom stereocenters. The number of benzene rings is 2. The van der Waals surface area contributed by atoms with Gasteiger partial charge in [-0.25, -0.2) is 15.0 Å². The lowest BCUT2D eigenvalue weighted by atomic mass is 9.95. The molecule has 7 rings (SSSR count). The van der Waals surface area contributed by atoms with E-state index in [0.29, 0.717) is 121 Å². The maximum atomic E-state index is 14.4. The summed E-state index contributed by atoms with van der Waals surface area (Å²) in [5.74, 6) is -2.41. The van der Waals surface area contributed by atoms with Crippen molar-refractivity contribution in [3.05, 3.63) is 70.6 Å². The molecular weight excluding hydrogens is 1000 g/mol. The van der Waals surface area contributed by atoms with Crippen molar-refractivity contribution in [3.63, 3.8) is 0 Å². The number of imide groups is 1. The van der Waals surface area contributed by atoms with E-state index in [1.807, 2.05) is 13.1 Å². The second-order valence-corrected chi connectivity index (χ2v) is 17.9. The number of piperazine rings is 1. The van der Waals surface area contributed by atoms with Gasteiger partial charge in [0.1, 0.15) is 12.4 Å². The van der Waals surface area contributed by atoms with Crippen molar-refractivity contribution in [2.24, 2.45) is 5.10 Å². The Morgan fingerprint density at radius 3 is 2.32 bits per heavy atom. The van der Waals surface area contributed by atoms with Gasteiger partial charge in [0.05, 0.1) is 75.7 Å². The number of esters is 1. The topological polar surface area (TPSA) is 253 Å². The van der Waals surface area contributed by atoms with E-state index in [-0.39, 0.29) is 75.2 Å². The van der Waals surface area contributed by atoms with Gasteiger partial charge >= 0.3 is 12.1 Å². The van der Waals surface area contributed by atoms with Gasteiger partial charge in [-0.2, -0.15) is 5.10 Å². The van der Waals surface area contributed by atoms with Crippen LogP contribution in [0.1, 0.15) is 69.8 Å². The largest absolute Gasteiger partial charge is 0.465 e. The normalized spacial score (nSPS) is 16.0. The van der Waals surface area contributed by atoms with Gasteiger partial charge in [0.15, 0.2) is 11.5 Å². The Morgan fingerprint density at radius 2 is 1.60 bits per heavy atom. The lowest BCUT2D eigenvalue weighted by molar-refractivity contribution is -0.137. The number of anilines is 1. The number of hydrogen-bond donors (Lipinski definition) is 3. The van der Waals surface area contributed by atoms with Crippen LogP contribution >= 0.6 is 15.9 Å². The second-order valence-electron chi connectivity index (χ2n) is 17.2. The summed E-state index contributed by atoms with van der Waals surface area (Å²) in [6, 6.07) is 8.63. The second kappa shape index (κ2) is 25.2. The van der Waals surface area contributed by atoms with E-state index in [4.69, 9.17) is 32.8 Å². The fourth-order valence-corrected chi connectivity index (χ4v) is 8.87. The van der Waals surface area contributed by atoms with Gasteiger partial charge in [0, 0.05) is 98.2 Å². The number of hydrogen-bond acceptors (Lipinski definition) is 16. The molecule has 5 heterocycles. The highest BCUT2D eigenvalue weighted by atomic mass is 79.9. The van der Waals surface area contributed by atoms with Gasteiger partial charge in [0.2, 0.25) is 11.8 Å². The first kappa shape index (κ1) is 53.3. The summed E-state index contributed by atoms with van der Waals surface area (Å²) in [6.45, 7) is 8.33. The number of furan rings is 1. The molecule has 0 aliphatic carbocycles. The minimum Gasteiger partial charge on any atom is -0.465 e. The highest BCUT2D eigenvalue weighted by Gasteiger charge is 2.39. The van der Waals surface area contributed by atoms with Crippen LogP contribution in [0.5, 0.6) is 5.75 Å². The molecule has 4 aromatic rings. The molecule has 72 heavy (non-hydrogen) atoms. The summed E-state index contributed by atoms with van der Waals surface area (Å²) < 4.78 is 39.1. The van der Waals surface area contributed by atoms with Crippen LogP contribution < -0.4 is 20.4 Å². The lowest BCUT2D eigenvalue weighted by Crippen LogP contribution is -2.48. The van der Waals surface area contributed by atoms with E-state index in [1.165, 1.54) is 19.3 Å². The monoisotopic (exact) mass is 1060 g/mol. The van der Waals surface area contributed by atoms with E-state index < -0.39 is 29.8 Å². The number of nitrogens with one attached hydrogen (secondary N) is 3. The molecule has 1 fully saturated rings. The first-order valence-electron chi connectivity index (χ1n) is 23.6. The zero-order valence-corrected chi connectivity index (χ0v) is 42.3. The zero-order valence-electron chi connectivity index (χ0n) is 40.7. The molecule has 3 aliphatic heterocycles. The van der Waals surface area contributed by atoms with Gasteiger partial charge in [-0.05, 0) is 62.7 Å². The van der Waals surface area contributed by atoms with Crippen molar-refractivity contribution >= 4 is 90.8 Å². The maximum absolute atomic E-state index is 14.4. The van der Waals surface area contributed by atoms with Crippen molar-refractivity contribution in [3.8, 4) is 5.75 Å². The number of nitrogens with zero attached hydrogens (tertiary/aromatic N) is 5. The molecule has 2 aromatic heterocycles. The van der Waals surface area contributed by atoms with Crippen LogP contribution in [0.25, 0.3) is 21.9 Å². The third kappa shape index (κ3) is 13.1. The molecule has 386 valence electrons. The Hall–Kier alpha value is -6.50. The van der Waals surface area contributed by atoms with Crippen LogP contribution in [0.4, 0.5) is 10.5 Å². The van der Waals surface area contributed by atoms with Crippen LogP contribution in [-0.2, 0) is 42.9 Å². The van der Waals surface area contributed by atoms with Gasteiger partial charge in [-0.15, -0.1) is 0 Å². The molecule has 0 bridgehead atoms. The minimum absolute atomic E-state index is 0.0330. The first-order valence-corrected chi connectivity index (χ1v) is 24.7. The number of methoxy groups -OCH3 is 1. The van der Waals surface area contributed by atoms with Gasteiger partial charge in [-0.1, -0.05) is 15.9 Å². The summed E-state index contributed by atoms with van der Waals surface area (Å²) in [4.78, 5) is 98.4. The van der Waals surface area contributed by atoms with E-state index in [1.54, 1.807) is 47.9 Å². The fourth-order valence-electron chi connectivity index (χ4n) is 8.34. The Morgan fingerprint density at radius 1 is 0.889 bits per heavy atom. The van der Waals surface area contributed by atoms with Crippen molar-refractivity contribution < 1.29 is 66.4 Å². The molecule has 6 amide bonds. The molecule has 3 aliphatic rings.